The van der Waals surface area contributed by atoms with Gasteiger partial charge in [-0.25, -0.2) is 0 Å². The minimum Gasteiger partial charge on any atom is -0.480 e. The van der Waals surface area contributed by atoms with Gasteiger partial charge in [-0.15, -0.1) is 0 Å². The van der Waals surface area contributed by atoms with E-state index in [0.29, 0.717) is 0 Å². The van der Waals surface area contributed by atoms with Crippen LogP contribution in [0.25, 0.3) is 0 Å². The van der Waals surface area contributed by atoms with Gasteiger partial charge in [0.1, 0.15) is 5.54 Å². The lowest BCUT2D eigenvalue weighted by Gasteiger charge is -2.51. The summed E-state index contributed by atoms with van der Waals surface area (Å²) in [5.74, 6) is -8.03. The van der Waals surface area contributed by atoms with Gasteiger partial charge in [0.2, 0.25) is 0 Å². The topological polar surface area (TPSA) is 201 Å². The Labute approximate surface area is 112 Å². The van der Waals surface area contributed by atoms with Crippen molar-refractivity contribution >= 4 is 23.9 Å². The highest BCUT2D eigenvalue weighted by Gasteiger charge is 2.76. The summed E-state index contributed by atoms with van der Waals surface area (Å²) in [5.41, 5.74) is 2.07. The fourth-order valence-electron chi connectivity index (χ4n) is 2.70. The van der Waals surface area contributed by atoms with Crippen LogP contribution in [0.1, 0.15) is 19.3 Å². The molecule has 0 aromatic heterocycles. The maximum absolute atomic E-state index is 11.4. The quantitative estimate of drug-likeness (QED) is 0.311. The minimum absolute atomic E-state index is 0.201. The molecule has 1 saturated carbocycles. The SMILES string of the molecule is NC1(C(=O)O)CCCC(C(=O)O)(C(=O)O)C1(N)C(=O)O. The number of aliphatic carboxylic acids is 4. The monoisotopic (exact) mass is 290 g/mol. The van der Waals surface area contributed by atoms with Gasteiger partial charge in [-0.2, -0.15) is 0 Å². The van der Waals surface area contributed by atoms with Crippen molar-refractivity contribution in [2.24, 2.45) is 16.9 Å². The minimum atomic E-state index is -3.19. The zero-order chi connectivity index (χ0) is 15.9. The largest absolute Gasteiger partial charge is 0.480 e. The van der Waals surface area contributed by atoms with E-state index in [9.17, 15) is 34.5 Å². The third kappa shape index (κ3) is 1.51. The fraction of sp³-hybridized carbons (Fsp3) is 0.600. The van der Waals surface area contributed by atoms with E-state index < -0.39 is 53.2 Å². The molecule has 10 heteroatoms. The highest BCUT2D eigenvalue weighted by atomic mass is 16.4. The summed E-state index contributed by atoms with van der Waals surface area (Å²) >= 11 is 0. The van der Waals surface area contributed by atoms with Crippen LogP contribution in [0.3, 0.4) is 0 Å². The van der Waals surface area contributed by atoms with Gasteiger partial charge in [-0.1, -0.05) is 0 Å². The Hall–Kier alpha value is -2.20. The average molecular weight is 290 g/mol. The molecule has 0 amide bonds. The Kier molecular flexibility index (Phi) is 3.51. The van der Waals surface area contributed by atoms with Gasteiger partial charge in [0.25, 0.3) is 0 Å². The highest BCUT2D eigenvalue weighted by molar-refractivity contribution is 6.09. The molecule has 0 aromatic rings. The second kappa shape index (κ2) is 4.42. The van der Waals surface area contributed by atoms with Crippen molar-refractivity contribution in [3.63, 3.8) is 0 Å². The normalized spacial score (nSPS) is 32.3. The lowest BCUT2D eigenvalue weighted by molar-refractivity contribution is -0.190. The molecule has 0 aliphatic heterocycles. The molecule has 2 atom stereocenters. The van der Waals surface area contributed by atoms with Crippen molar-refractivity contribution in [3.8, 4) is 0 Å². The molecule has 1 fully saturated rings. The molecule has 0 bridgehead atoms. The molecule has 1 aliphatic carbocycles. The maximum Gasteiger partial charge on any atom is 0.328 e. The molecule has 2 unspecified atom stereocenters. The summed E-state index contributed by atoms with van der Waals surface area (Å²) in [6.45, 7) is 0. The van der Waals surface area contributed by atoms with Crippen LogP contribution < -0.4 is 11.5 Å². The molecule has 112 valence electrons. The fourth-order valence-corrected chi connectivity index (χ4v) is 2.70. The van der Waals surface area contributed by atoms with Crippen molar-refractivity contribution in [2.45, 2.75) is 30.3 Å². The summed E-state index contributed by atoms with van der Waals surface area (Å²) < 4.78 is 0. The number of carbonyl (C=O) groups is 4. The third-order valence-corrected chi connectivity index (χ3v) is 3.95. The predicted molar refractivity (Wildman–Crippen MR) is 60.7 cm³/mol. The molecule has 1 aliphatic rings. The Morgan fingerprint density at radius 3 is 1.50 bits per heavy atom. The second-order valence-electron chi connectivity index (χ2n) is 4.76. The first-order valence-electron chi connectivity index (χ1n) is 5.50. The van der Waals surface area contributed by atoms with Crippen LogP contribution in [-0.4, -0.2) is 55.4 Å². The van der Waals surface area contributed by atoms with Gasteiger partial charge in [-0.3, -0.25) is 19.2 Å². The van der Waals surface area contributed by atoms with Crippen LogP contribution in [0.5, 0.6) is 0 Å². The van der Waals surface area contributed by atoms with Gasteiger partial charge < -0.3 is 31.9 Å². The first-order chi connectivity index (χ1) is 8.98. The van der Waals surface area contributed by atoms with Gasteiger partial charge in [0.05, 0.1) is 0 Å². The molecule has 8 N–H and O–H groups in total. The van der Waals surface area contributed by atoms with E-state index in [4.69, 9.17) is 16.6 Å². The Morgan fingerprint density at radius 1 is 0.750 bits per heavy atom. The number of carboxylic acids is 4. The maximum atomic E-state index is 11.4. The van der Waals surface area contributed by atoms with Crippen LogP contribution in [-0.2, 0) is 19.2 Å². The van der Waals surface area contributed by atoms with Crippen molar-refractivity contribution in [1.82, 2.24) is 0 Å². The molecule has 10 nitrogen and oxygen atoms in total. The first kappa shape index (κ1) is 15.9. The van der Waals surface area contributed by atoms with E-state index >= 15 is 0 Å². The van der Waals surface area contributed by atoms with Crippen molar-refractivity contribution in [3.05, 3.63) is 0 Å². The molecule has 1 rings (SSSR count). The van der Waals surface area contributed by atoms with E-state index in [-0.39, 0.29) is 6.42 Å². The molecule has 0 radical (unpaired) electrons. The van der Waals surface area contributed by atoms with Crippen LogP contribution >= 0.6 is 0 Å². The Balaban J connectivity index is 3.76. The van der Waals surface area contributed by atoms with Gasteiger partial charge in [0.15, 0.2) is 11.0 Å². The summed E-state index contributed by atoms with van der Waals surface area (Å²) in [6, 6.07) is 0. The van der Waals surface area contributed by atoms with Crippen LogP contribution in [0.2, 0.25) is 0 Å². The number of hydrogen-bond donors (Lipinski definition) is 6. The average Bonchev–Trinajstić information content (AvgIpc) is 2.31. The van der Waals surface area contributed by atoms with Gasteiger partial charge in [0, 0.05) is 0 Å². The van der Waals surface area contributed by atoms with E-state index in [2.05, 4.69) is 0 Å². The van der Waals surface area contributed by atoms with Crippen LogP contribution in [0.4, 0.5) is 0 Å². The summed E-state index contributed by atoms with van der Waals surface area (Å²) in [5, 5.41) is 36.7. The summed E-state index contributed by atoms with van der Waals surface area (Å²) in [7, 11) is 0. The molecular formula is C10H14N2O8. The van der Waals surface area contributed by atoms with E-state index in [1.54, 1.807) is 0 Å². The number of nitrogens with two attached hydrogens (primary N) is 2. The van der Waals surface area contributed by atoms with E-state index in [1.165, 1.54) is 0 Å². The Morgan fingerprint density at radius 2 is 1.20 bits per heavy atom. The van der Waals surface area contributed by atoms with Gasteiger partial charge in [-0.05, 0) is 19.3 Å². The molecule has 0 saturated heterocycles. The zero-order valence-electron chi connectivity index (χ0n) is 10.2. The number of rotatable bonds is 4. The van der Waals surface area contributed by atoms with Crippen molar-refractivity contribution in [2.75, 3.05) is 0 Å². The molecule has 0 aromatic carbocycles. The summed E-state index contributed by atoms with van der Waals surface area (Å²) in [4.78, 5) is 45.5. The lowest BCUT2D eigenvalue weighted by Crippen LogP contribution is -2.84. The third-order valence-electron chi connectivity index (χ3n) is 3.95. The molecule has 20 heavy (non-hydrogen) atoms. The van der Waals surface area contributed by atoms with Crippen molar-refractivity contribution < 1.29 is 39.6 Å². The standard InChI is InChI=1S/C10H14N2O8/c11-9(6(17)18)3-1-2-8(4(13)14,5(15)16)10(9,12)7(19)20/h1-3,11-12H2,(H,13,14)(H,15,16)(H,17,18)(H,19,20). The van der Waals surface area contributed by atoms with Gasteiger partial charge >= 0.3 is 23.9 Å². The van der Waals surface area contributed by atoms with Crippen LogP contribution in [0, 0.1) is 5.41 Å². The highest BCUT2D eigenvalue weighted by Crippen LogP contribution is 2.48. The summed E-state index contributed by atoms with van der Waals surface area (Å²) in [6.07, 6.45) is -1.28. The first-order valence-corrected chi connectivity index (χ1v) is 5.50. The number of carboxylic acid groups (broad SMARTS) is 4. The molecule has 0 spiro atoms. The predicted octanol–water partition coefficient (Wildman–Crippen LogP) is -2.11. The second-order valence-corrected chi connectivity index (χ2v) is 4.76. The zero-order valence-corrected chi connectivity index (χ0v) is 10.2. The molecular weight excluding hydrogens is 276 g/mol. The van der Waals surface area contributed by atoms with Crippen molar-refractivity contribution in [1.29, 1.82) is 0 Å². The molecule has 0 heterocycles. The smallest absolute Gasteiger partial charge is 0.328 e. The lowest BCUT2D eigenvalue weighted by atomic mass is 9.53. The number of hydrogen-bond acceptors (Lipinski definition) is 6. The Bertz CT molecular complexity index is 489. The van der Waals surface area contributed by atoms with Crippen LogP contribution in [0.15, 0.2) is 0 Å². The van der Waals surface area contributed by atoms with E-state index in [0.717, 1.165) is 0 Å². The van der Waals surface area contributed by atoms with E-state index in [1.807, 2.05) is 0 Å².